The van der Waals surface area contributed by atoms with Crippen LogP contribution in [0.15, 0.2) is 72.9 Å². The molecule has 0 aliphatic carbocycles. The van der Waals surface area contributed by atoms with E-state index in [4.69, 9.17) is 0 Å². The molecule has 2 atom stereocenters. The van der Waals surface area contributed by atoms with Gasteiger partial charge >= 0.3 is 0 Å². The molecule has 7 heteroatoms. The maximum atomic E-state index is 13.9. The molecular formula is C24H21F2N3O2. The highest BCUT2D eigenvalue weighted by Gasteiger charge is 2.40. The summed E-state index contributed by atoms with van der Waals surface area (Å²) in [7, 11) is 0. The third-order valence-corrected chi connectivity index (χ3v) is 5.48. The maximum absolute atomic E-state index is 13.9. The second kappa shape index (κ2) is 9.04. The number of nitrogens with zero attached hydrogens (tertiary/aromatic N) is 2. The van der Waals surface area contributed by atoms with Gasteiger partial charge in [-0.15, -0.1) is 0 Å². The largest absolute Gasteiger partial charge is 0.350 e. The van der Waals surface area contributed by atoms with E-state index in [1.807, 2.05) is 12.1 Å². The van der Waals surface area contributed by atoms with Crippen molar-refractivity contribution in [3.8, 4) is 0 Å². The average Bonchev–Trinajstić information content (AvgIpc) is 3.24. The number of nitrogens with one attached hydrogen (secondary N) is 1. The molecule has 0 spiro atoms. The van der Waals surface area contributed by atoms with E-state index >= 15 is 0 Å². The molecule has 5 nitrogen and oxygen atoms in total. The van der Waals surface area contributed by atoms with Gasteiger partial charge in [0.1, 0.15) is 11.6 Å². The molecule has 2 aromatic carbocycles. The van der Waals surface area contributed by atoms with E-state index in [0.29, 0.717) is 11.1 Å². The van der Waals surface area contributed by atoms with Gasteiger partial charge < -0.3 is 10.2 Å². The topological polar surface area (TPSA) is 62.3 Å². The Balaban J connectivity index is 1.55. The van der Waals surface area contributed by atoms with Gasteiger partial charge in [-0.25, -0.2) is 8.78 Å². The van der Waals surface area contributed by atoms with Gasteiger partial charge in [0.2, 0.25) is 5.91 Å². The molecule has 1 N–H and O–H groups in total. The standard InChI is InChI=1S/C24H21F2N3O2/c25-18-9-7-16(8-10-18)24(31)29-14-21(17-4-3-5-19(26)12-17)22(15-29)23(30)28-13-20-6-1-2-11-27-20/h1-12,21-22H,13-15H2,(H,28,30). The summed E-state index contributed by atoms with van der Waals surface area (Å²) in [6, 6.07) is 16.8. The number of hydrogen-bond donors (Lipinski definition) is 1. The Labute approximate surface area is 178 Å². The lowest BCUT2D eigenvalue weighted by atomic mass is 9.88. The van der Waals surface area contributed by atoms with Crippen LogP contribution in [-0.2, 0) is 11.3 Å². The van der Waals surface area contributed by atoms with E-state index in [1.165, 1.54) is 36.4 Å². The smallest absolute Gasteiger partial charge is 0.253 e. The number of aromatic nitrogens is 1. The molecule has 1 aliphatic heterocycles. The van der Waals surface area contributed by atoms with Crippen molar-refractivity contribution in [1.29, 1.82) is 0 Å². The van der Waals surface area contributed by atoms with Gasteiger partial charge in [-0.05, 0) is 54.1 Å². The molecule has 1 aliphatic rings. The Bertz CT molecular complexity index is 1070. The summed E-state index contributed by atoms with van der Waals surface area (Å²) < 4.78 is 27.1. The fraction of sp³-hybridized carbons (Fsp3) is 0.208. The Morgan fingerprint density at radius 3 is 2.48 bits per heavy atom. The normalized spacial score (nSPS) is 18.1. The van der Waals surface area contributed by atoms with Crippen molar-refractivity contribution < 1.29 is 18.4 Å². The first kappa shape index (κ1) is 20.7. The van der Waals surface area contributed by atoms with E-state index in [1.54, 1.807) is 29.3 Å². The first-order chi connectivity index (χ1) is 15.0. The predicted octanol–water partition coefficient (Wildman–Crippen LogP) is 3.53. The summed E-state index contributed by atoms with van der Waals surface area (Å²) in [5.74, 6) is -2.25. The summed E-state index contributed by atoms with van der Waals surface area (Å²) in [5, 5.41) is 2.88. The third-order valence-electron chi connectivity index (χ3n) is 5.48. The number of halogens is 2. The number of likely N-dealkylation sites (tertiary alicyclic amines) is 1. The minimum Gasteiger partial charge on any atom is -0.350 e. The second-order valence-corrected chi connectivity index (χ2v) is 7.52. The molecule has 4 rings (SSSR count). The zero-order valence-electron chi connectivity index (χ0n) is 16.7. The first-order valence-corrected chi connectivity index (χ1v) is 9.99. The van der Waals surface area contributed by atoms with Crippen LogP contribution in [-0.4, -0.2) is 34.8 Å². The fourth-order valence-corrected chi connectivity index (χ4v) is 3.90. The Hall–Kier alpha value is -3.61. The molecule has 158 valence electrons. The van der Waals surface area contributed by atoms with Crippen molar-refractivity contribution in [3.63, 3.8) is 0 Å². The number of amides is 2. The van der Waals surface area contributed by atoms with E-state index in [9.17, 15) is 18.4 Å². The molecule has 2 amide bonds. The van der Waals surface area contributed by atoms with Crippen molar-refractivity contribution in [2.45, 2.75) is 12.5 Å². The monoisotopic (exact) mass is 421 g/mol. The van der Waals surface area contributed by atoms with Gasteiger partial charge in [-0.2, -0.15) is 0 Å². The van der Waals surface area contributed by atoms with Gasteiger partial charge in [-0.3, -0.25) is 14.6 Å². The van der Waals surface area contributed by atoms with E-state index in [-0.39, 0.29) is 37.4 Å². The Morgan fingerprint density at radius 2 is 1.77 bits per heavy atom. The van der Waals surface area contributed by atoms with Gasteiger partial charge in [0, 0.05) is 30.8 Å². The van der Waals surface area contributed by atoms with Crippen LogP contribution in [0.2, 0.25) is 0 Å². The molecule has 0 radical (unpaired) electrons. The lowest BCUT2D eigenvalue weighted by molar-refractivity contribution is -0.125. The van der Waals surface area contributed by atoms with Gasteiger partial charge in [0.25, 0.3) is 5.91 Å². The van der Waals surface area contributed by atoms with Gasteiger partial charge in [-0.1, -0.05) is 18.2 Å². The van der Waals surface area contributed by atoms with Crippen LogP contribution in [0.4, 0.5) is 8.78 Å². The summed E-state index contributed by atoms with van der Waals surface area (Å²) in [6.07, 6.45) is 1.65. The Morgan fingerprint density at radius 1 is 0.968 bits per heavy atom. The van der Waals surface area contributed by atoms with Crippen molar-refractivity contribution in [2.75, 3.05) is 13.1 Å². The van der Waals surface area contributed by atoms with Gasteiger partial charge in [0.05, 0.1) is 18.2 Å². The van der Waals surface area contributed by atoms with Crippen LogP contribution in [0, 0.1) is 17.6 Å². The quantitative estimate of drug-likeness (QED) is 0.686. The molecule has 2 heterocycles. The fourth-order valence-electron chi connectivity index (χ4n) is 3.90. The van der Waals surface area contributed by atoms with Crippen molar-refractivity contribution in [3.05, 3.63) is 101 Å². The molecule has 1 fully saturated rings. The lowest BCUT2D eigenvalue weighted by Gasteiger charge is -2.18. The molecule has 3 aromatic rings. The van der Waals surface area contributed by atoms with E-state index in [2.05, 4.69) is 10.3 Å². The number of benzene rings is 2. The van der Waals surface area contributed by atoms with Crippen molar-refractivity contribution in [2.24, 2.45) is 5.92 Å². The molecule has 1 saturated heterocycles. The zero-order valence-corrected chi connectivity index (χ0v) is 16.7. The molecule has 31 heavy (non-hydrogen) atoms. The van der Waals surface area contributed by atoms with Crippen molar-refractivity contribution >= 4 is 11.8 Å². The Kier molecular flexibility index (Phi) is 6.02. The number of rotatable bonds is 5. The summed E-state index contributed by atoms with van der Waals surface area (Å²) >= 11 is 0. The van der Waals surface area contributed by atoms with Crippen LogP contribution in [0.25, 0.3) is 0 Å². The lowest BCUT2D eigenvalue weighted by Crippen LogP contribution is -2.35. The summed E-state index contributed by atoms with van der Waals surface area (Å²) in [4.78, 5) is 31.7. The van der Waals surface area contributed by atoms with Gasteiger partial charge in [0.15, 0.2) is 0 Å². The van der Waals surface area contributed by atoms with Crippen LogP contribution in [0.3, 0.4) is 0 Å². The molecule has 0 saturated carbocycles. The van der Waals surface area contributed by atoms with E-state index in [0.717, 1.165) is 5.69 Å². The SMILES string of the molecule is O=C(NCc1ccccn1)C1CN(C(=O)c2ccc(F)cc2)CC1c1cccc(F)c1. The highest BCUT2D eigenvalue weighted by atomic mass is 19.1. The molecular weight excluding hydrogens is 400 g/mol. The first-order valence-electron chi connectivity index (χ1n) is 9.99. The van der Waals surface area contributed by atoms with Crippen molar-refractivity contribution in [1.82, 2.24) is 15.2 Å². The molecule has 0 bridgehead atoms. The molecule has 1 aromatic heterocycles. The minimum atomic E-state index is -0.546. The predicted molar refractivity (Wildman–Crippen MR) is 111 cm³/mol. The molecule has 2 unspecified atom stereocenters. The maximum Gasteiger partial charge on any atom is 0.253 e. The summed E-state index contributed by atoms with van der Waals surface area (Å²) in [6.45, 7) is 0.713. The highest BCUT2D eigenvalue weighted by Crippen LogP contribution is 2.34. The zero-order chi connectivity index (χ0) is 21.8. The number of pyridine rings is 1. The number of carbonyl (C=O) groups excluding carboxylic acids is 2. The van der Waals surface area contributed by atoms with Crippen LogP contribution >= 0.6 is 0 Å². The third kappa shape index (κ3) is 4.77. The minimum absolute atomic E-state index is 0.186. The highest BCUT2D eigenvalue weighted by molar-refractivity contribution is 5.95. The van der Waals surface area contributed by atoms with Crippen LogP contribution in [0.1, 0.15) is 27.5 Å². The van der Waals surface area contributed by atoms with Crippen LogP contribution in [0.5, 0.6) is 0 Å². The van der Waals surface area contributed by atoms with E-state index < -0.39 is 17.6 Å². The average molecular weight is 421 g/mol. The number of hydrogen-bond acceptors (Lipinski definition) is 3. The van der Waals surface area contributed by atoms with Crippen LogP contribution < -0.4 is 5.32 Å². The second-order valence-electron chi connectivity index (χ2n) is 7.52. The summed E-state index contributed by atoms with van der Waals surface area (Å²) in [5.41, 5.74) is 1.72. The number of carbonyl (C=O) groups is 2.